The number of aromatic nitrogens is 3. The predicted molar refractivity (Wildman–Crippen MR) is 140 cm³/mol. The van der Waals surface area contributed by atoms with Crippen LogP contribution in [0.2, 0.25) is 0 Å². The van der Waals surface area contributed by atoms with Gasteiger partial charge in [-0.1, -0.05) is 22.0 Å². The molecule has 4 aromatic rings. The van der Waals surface area contributed by atoms with Crippen molar-refractivity contribution in [2.24, 2.45) is 4.99 Å². The molecule has 0 saturated carbocycles. The van der Waals surface area contributed by atoms with E-state index in [1.54, 1.807) is 24.0 Å². The quantitative estimate of drug-likeness (QED) is 0.353. The van der Waals surface area contributed by atoms with Crippen LogP contribution in [0.5, 0.6) is 0 Å². The van der Waals surface area contributed by atoms with Gasteiger partial charge in [0.1, 0.15) is 23.3 Å². The van der Waals surface area contributed by atoms with Crippen molar-refractivity contribution < 1.29 is 18.7 Å². The molecule has 2 aliphatic rings. The molecule has 2 aliphatic heterocycles. The number of rotatable bonds is 6. The van der Waals surface area contributed by atoms with Gasteiger partial charge in [0.25, 0.3) is 11.8 Å². The van der Waals surface area contributed by atoms with Crippen LogP contribution >= 0.6 is 15.9 Å². The first-order chi connectivity index (χ1) is 18.4. The molecule has 10 heteroatoms. The number of amides is 2. The van der Waals surface area contributed by atoms with Gasteiger partial charge in [0.15, 0.2) is 6.23 Å². The molecular weight excluding hydrogens is 553 g/mol. The van der Waals surface area contributed by atoms with E-state index in [9.17, 15) is 14.0 Å². The highest BCUT2D eigenvalue weighted by molar-refractivity contribution is 9.10. The fourth-order valence-electron chi connectivity index (χ4n) is 4.61. The van der Waals surface area contributed by atoms with Crippen LogP contribution in [0.15, 0.2) is 76.2 Å². The Hall–Kier alpha value is -4.02. The molecule has 3 aromatic carbocycles. The van der Waals surface area contributed by atoms with Gasteiger partial charge in [0.2, 0.25) is 0 Å². The summed E-state index contributed by atoms with van der Waals surface area (Å²) in [6, 6.07) is 19.1. The van der Waals surface area contributed by atoms with Crippen LogP contribution < -0.4 is 10.6 Å². The molecule has 0 N–H and O–H groups in total. The van der Waals surface area contributed by atoms with E-state index in [4.69, 9.17) is 14.9 Å². The Balaban J connectivity index is 1.36. The van der Waals surface area contributed by atoms with Crippen molar-refractivity contribution in [3.8, 4) is 16.9 Å². The molecule has 0 spiro atoms. The molecular formula is C28H21BrFN5O3. The molecule has 1 saturated heterocycles. The number of ether oxygens (including phenoxy) is 1. The molecule has 0 radical (unpaired) electrons. The minimum absolute atomic E-state index is 0.156. The molecule has 3 heterocycles. The minimum atomic E-state index is -0.778. The molecule has 0 unspecified atom stereocenters. The van der Waals surface area contributed by atoms with Gasteiger partial charge in [0, 0.05) is 27.9 Å². The van der Waals surface area contributed by atoms with Crippen LogP contribution in [-0.2, 0) is 20.7 Å². The van der Waals surface area contributed by atoms with Crippen LogP contribution in [0, 0.1) is 5.82 Å². The highest BCUT2D eigenvalue weighted by Crippen LogP contribution is 2.36. The lowest BCUT2D eigenvalue weighted by atomic mass is 10.1. The van der Waals surface area contributed by atoms with E-state index in [-0.39, 0.29) is 17.6 Å². The number of carbonyl (C=O) groups excluding carboxylic acids is 2. The predicted octanol–water partition coefficient (Wildman–Crippen LogP) is 3.26. The Morgan fingerprint density at radius 1 is 1.00 bits per heavy atom. The fraction of sp³-hybridized carbons (Fsp3) is 0.179. The average Bonchev–Trinajstić information content (AvgIpc) is 3.58. The Labute approximate surface area is 225 Å². The van der Waals surface area contributed by atoms with Crippen LogP contribution in [-0.4, -0.2) is 44.4 Å². The molecule has 0 aliphatic carbocycles. The lowest BCUT2D eigenvalue weighted by Gasteiger charge is -2.22. The normalized spacial score (nSPS) is 18.4. The Morgan fingerprint density at radius 3 is 2.53 bits per heavy atom. The maximum absolute atomic E-state index is 13.7. The highest BCUT2D eigenvalue weighted by Gasteiger charge is 2.41. The first-order valence-electron chi connectivity index (χ1n) is 12.0. The molecule has 8 nitrogen and oxygen atoms in total. The fourth-order valence-corrected chi connectivity index (χ4v) is 4.88. The maximum atomic E-state index is 13.7. The van der Waals surface area contributed by atoms with E-state index in [1.165, 1.54) is 23.0 Å². The number of carbonyl (C=O) groups is 2. The zero-order chi connectivity index (χ0) is 26.4. The van der Waals surface area contributed by atoms with Crippen molar-refractivity contribution in [3.63, 3.8) is 0 Å². The Morgan fingerprint density at radius 2 is 1.76 bits per heavy atom. The van der Waals surface area contributed by atoms with Gasteiger partial charge in [0.05, 0.1) is 11.0 Å². The summed E-state index contributed by atoms with van der Waals surface area (Å²) in [6.07, 6.45) is 0.604. The van der Waals surface area contributed by atoms with Crippen molar-refractivity contribution in [1.29, 1.82) is 0 Å². The van der Waals surface area contributed by atoms with Gasteiger partial charge in [-0.05, 0) is 79.6 Å². The second-order valence-electron chi connectivity index (χ2n) is 9.11. The lowest BCUT2D eigenvalue weighted by Crippen LogP contribution is -2.33. The summed E-state index contributed by atoms with van der Waals surface area (Å²) >= 11 is 3.44. The van der Waals surface area contributed by atoms with E-state index in [1.807, 2.05) is 42.5 Å². The average molecular weight is 574 g/mol. The number of halogens is 2. The molecule has 2 amide bonds. The summed E-state index contributed by atoms with van der Waals surface area (Å²) in [6.45, 7) is 2.08. The zero-order valence-corrected chi connectivity index (χ0v) is 21.8. The second kappa shape index (κ2) is 9.70. The van der Waals surface area contributed by atoms with Gasteiger partial charge in [-0.2, -0.15) is 4.80 Å². The number of nitrogens with zero attached hydrogens (tertiary/aromatic N) is 5. The van der Waals surface area contributed by atoms with Crippen LogP contribution in [0.3, 0.4) is 0 Å². The van der Waals surface area contributed by atoms with Crippen molar-refractivity contribution in [1.82, 2.24) is 19.9 Å². The molecule has 1 aromatic heterocycles. The van der Waals surface area contributed by atoms with Crippen molar-refractivity contribution >= 4 is 33.8 Å². The minimum Gasteiger partial charge on any atom is -0.339 e. The third kappa shape index (κ3) is 4.57. The summed E-state index contributed by atoms with van der Waals surface area (Å²) in [5.74, 6) is -0.785. The topological polar surface area (TPSA) is 89.7 Å². The van der Waals surface area contributed by atoms with Gasteiger partial charge in [-0.25, -0.2) is 9.38 Å². The van der Waals surface area contributed by atoms with Gasteiger partial charge < -0.3 is 9.64 Å². The lowest BCUT2D eigenvalue weighted by molar-refractivity contribution is -0.130. The Bertz CT molecular complexity index is 1690. The first-order valence-corrected chi connectivity index (χ1v) is 12.8. The van der Waals surface area contributed by atoms with Gasteiger partial charge in [-0.3, -0.25) is 9.59 Å². The van der Waals surface area contributed by atoms with Crippen molar-refractivity contribution in [3.05, 3.63) is 98.9 Å². The number of benzene rings is 3. The van der Waals surface area contributed by atoms with E-state index in [0.717, 1.165) is 20.9 Å². The summed E-state index contributed by atoms with van der Waals surface area (Å²) in [5, 5.41) is 10.9. The van der Waals surface area contributed by atoms with E-state index < -0.39 is 12.3 Å². The maximum Gasteiger partial charge on any atom is 0.270 e. The molecule has 1 fully saturated rings. The third-order valence-corrected chi connectivity index (χ3v) is 7.07. The standard InChI is InChI=1S/C28H21BrFN5O3/c1-16-27(37)34(13-12-17-2-11-23-19(14-17)15-24(36)31-23)28(38-16)26-25(18-3-7-21(30)8-4-18)32-35(33-26)22-9-5-20(29)6-10-22/h2-11,14-16,28H,12-13H2,1H3/t16-,28-/m1/s1. The number of hydrogen-bond donors (Lipinski definition) is 0. The molecule has 38 heavy (non-hydrogen) atoms. The molecule has 6 rings (SSSR count). The Kier molecular flexibility index (Phi) is 6.21. The first kappa shape index (κ1) is 24.3. The number of hydrogen-bond acceptors (Lipinski definition) is 5. The second-order valence-corrected chi connectivity index (χ2v) is 10.0. The smallest absolute Gasteiger partial charge is 0.270 e. The van der Waals surface area contributed by atoms with E-state index in [0.29, 0.717) is 35.3 Å². The van der Waals surface area contributed by atoms with Gasteiger partial charge >= 0.3 is 0 Å². The van der Waals surface area contributed by atoms with Crippen LogP contribution in [0.25, 0.3) is 23.0 Å². The third-order valence-electron chi connectivity index (χ3n) is 6.54. The largest absolute Gasteiger partial charge is 0.339 e. The summed E-state index contributed by atoms with van der Waals surface area (Å²) in [4.78, 5) is 31.9. The van der Waals surface area contributed by atoms with Crippen LogP contribution in [0.1, 0.15) is 24.4 Å². The molecule has 0 bridgehead atoms. The SMILES string of the molecule is C[C@H]1O[C@H](c2nn(-c3ccc(Br)cc3)nc2-c2ccc(F)cc2)N(CCc2ccc3c(c2)=CC(=O)N=3)C1=O. The molecule has 190 valence electrons. The van der Waals surface area contributed by atoms with Crippen LogP contribution in [0.4, 0.5) is 4.39 Å². The molecule has 2 atom stereocenters. The highest BCUT2D eigenvalue weighted by atomic mass is 79.9. The van der Waals surface area contributed by atoms with Crippen molar-refractivity contribution in [2.75, 3.05) is 6.54 Å². The van der Waals surface area contributed by atoms with Crippen molar-refractivity contribution in [2.45, 2.75) is 25.7 Å². The summed E-state index contributed by atoms with van der Waals surface area (Å²) in [5.41, 5.74) is 3.30. The summed E-state index contributed by atoms with van der Waals surface area (Å²) < 4.78 is 20.7. The number of fused-ring (bicyclic) bond motifs is 1. The summed E-state index contributed by atoms with van der Waals surface area (Å²) in [7, 11) is 0. The van der Waals surface area contributed by atoms with E-state index >= 15 is 0 Å². The zero-order valence-electron chi connectivity index (χ0n) is 20.2. The monoisotopic (exact) mass is 573 g/mol. The van der Waals surface area contributed by atoms with E-state index in [2.05, 4.69) is 20.9 Å². The van der Waals surface area contributed by atoms with Gasteiger partial charge in [-0.15, -0.1) is 10.2 Å².